The van der Waals surface area contributed by atoms with Gasteiger partial charge in [-0.05, 0) is 48.7 Å². The molecule has 0 radical (unpaired) electrons. The number of anilines is 1. The molecule has 0 unspecified atom stereocenters. The number of aryl methyl sites for hydroxylation is 1. The van der Waals surface area contributed by atoms with Crippen molar-refractivity contribution in [3.8, 4) is 11.5 Å². The van der Waals surface area contributed by atoms with Gasteiger partial charge in [0.25, 0.3) is 5.91 Å². The van der Waals surface area contributed by atoms with Gasteiger partial charge in [0.05, 0.1) is 12.8 Å². The molecule has 0 aromatic heterocycles. The average Bonchev–Trinajstić information content (AvgIpc) is 2.67. The number of carbonyl (C=O) groups excluding carboxylic acids is 2. The number of nitrogens with zero attached hydrogens (tertiary/aromatic N) is 1. The SMILES string of the molecule is COc1ccc(CCNC(=O)CCN2C(=O)COc3ccc(C)cc32)cc1. The van der Waals surface area contributed by atoms with Gasteiger partial charge in [-0.2, -0.15) is 0 Å². The van der Waals surface area contributed by atoms with E-state index in [1.54, 1.807) is 12.0 Å². The predicted molar refractivity (Wildman–Crippen MR) is 103 cm³/mol. The van der Waals surface area contributed by atoms with Crippen LogP contribution in [0, 0.1) is 6.92 Å². The molecule has 27 heavy (non-hydrogen) atoms. The number of fused-ring (bicyclic) bond motifs is 1. The van der Waals surface area contributed by atoms with Crippen LogP contribution in [0.5, 0.6) is 11.5 Å². The van der Waals surface area contributed by atoms with Gasteiger partial charge in [0, 0.05) is 19.5 Å². The highest BCUT2D eigenvalue weighted by atomic mass is 16.5. The normalized spacial score (nSPS) is 13.0. The van der Waals surface area contributed by atoms with E-state index in [2.05, 4.69) is 5.32 Å². The molecule has 142 valence electrons. The molecule has 1 N–H and O–H groups in total. The summed E-state index contributed by atoms with van der Waals surface area (Å²) in [5, 5.41) is 2.91. The van der Waals surface area contributed by atoms with E-state index in [1.165, 1.54) is 0 Å². The van der Waals surface area contributed by atoms with Crippen LogP contribution in [0.4, 0.5) is 5.69 Å². The second-order valence-corrected chi connectivity index (χ2v) is 6.50. The van der Waals surface area contributed by atoms with Crippen molar-refractivity contribution < 1.29 is 19.1 Å². The molecule has 0 aliphatic carbocycles. The van der Waals surface area contributed by atoms with Gasteiger partial charge in [0.1, 0.15) is 11.5 Å². The van der Waals surface area contributed by atoms with Crippen molar-refractivity contribution >= 4 is 17.5 Å². The summed E-state index contributed by atoms with van der Waals surface area (Å²) in [7, 11) is 1.63. The van der Waals surface area contributed by atoms with Crippen LogP contribution in [0.3, 0.4) is 0 Å². The summed E-state index contributed by atoms with van der Waals surface area (Å²) in [4.78, 5) is 26.0. The summed E-state index contributed by atoms with van der Waals surface area (Å²) in [6.07, 6.45) is 0.996. The van der Waals surface area contributed by atoms with Crippen molar-refractivity contribution in [3.05, 3.63) is 53.6 Å². The average molecular weight is 368 g/mol. The van der Waals surface area contributed by atoms with Gasteiger partial charge >= 0.3 is 0 Å². The fourth-order valence-electron chi connectivity index (χ4n) is 3.00. The van der Waals surface area contributed by atoms with Gasteiger partial charge in [-0.3, -0.25) is 9.59 Å². The maximum Gasteiger partial charge on any atom is 0.265 e. The Morgan fingerprint density at radius 1 is 1.22 bits per heavy atom. The van der Waals surface area contributed by atoms with Gasteiger partial charge in [0.2, 0.25) is 5.91 Å². The minimum Gasteiger partial charge on any atom is -0.497 e. The Morgan fingerprint density at radius 2 is 2.00 bits per heavy atom. The molecule has 2 amide bonds. The standard InChI is InChI=1S/C21H24N2O4/c1-15-3-8-19-18(13-15)23(21(25)14-27-19)12-10-20(24)22-11-9-16-4-6-17(26-2)7-5-16/h3-8,13H,9-12,14H2,1-2H3,(H,22,24). The van der Waals surface area contributed by atoms with Crippen LogP contribution in [0.25, 0.3) is 0 Å². The molecule has 6 heteroatoms. The molecule has 1 aliphatic heterocycles. The van der Waals surface area contributed by atoms with Gasteiger partial charge in [-0.1, -0.05) is 18.2 Å². The molecular formula is C21H24N2O4. The number of ether oxygens (including phenoxy) is 2. The molecule has 0 saturated heterocycles. The number of methoxy groups -OCH3 is 1. The zero-order valence-corrected chi connectivity index (χ0v) is 15.7. The maximum atomic E-state index is 12.2. The molecule has 2 aromatic carbocycles. The summed E-state index contributed by atoms with van der Waals surface area (Å²) < 4.78 is 10.6. The Morgan fingerprint density at radius 3 is 2.74 bits per heavy atom. The lowest BCUT2D eigenvalue weighted by Crippen LogP contribution is -2.41. The van der Waals surface area contributed by atoms with Crippen molar-refractivity contribution in [1.29, 1.82) is 0 Å². The topological polar surface area (TPSA) is 67.9 Å². The van der Waals surface area contributed by atoms with Crippen LogP contribution < -0.4 is 19.7 Å². The molecule has 3 rings (SSSR count). The van der Waals surface area contributed by atoms with Crippen LogP contribution in [-0.2, 0) is 16.0 Å². The highest BCUT2D eigenvalue weighted by molar-refractivity contribution is 5.98. The van der Waals surface area contributed by atoms with Gasteiger partial charge in [0.15, 0.2) is 6.61 Å². The molecule has 0 spiro atoms. The van der Waals surface area contributed by atoms with E-state index in [1.807, 2.05) is 49.4 Å². The first-order valence-electron chi connectivity index (χ1n) is 9.00. The fourth-order valence-corrected chi connectivity index (χ4v) is 3.00. The minimum atomic E-state index is -0.126. The van der Waals surface area contributed by atoms with E-state index in [4.69, 9.17) is 9.47 Å². The van der Waals surface area contributed by atoms with Gasteiger partial charge in [-0.25, -0.2) is 0 Å². The van der Waals surface area contributed by atoms with E-state index in [0.29, 0.717) is 18.8 Å². The van der Waals surface area contributed by atoms with E-state index >= 15 is 0 Å². The molecule has 0 fully saturated rings. The molecule has 0 saturated carbocycles. The van der Waals surface area contributed by atoms with E-state index in [-0.39, 0.29) is 24.8 Å². The monoisotopic (exact) mass is 368 g/mol. The minimum absolute atomic E-state index is 0.00908. The summed E-state index contributed by atoms with van der Waals surface area (Å²) in [6.45, 7) is 2.86. The lowest BCUT2D eigenvalue weighted by atomic mass is 10.1. The summed E-state index contributed by atoms with van der Waals surface area (Å²) in [6, 6.07) is 13.5. The molecule has 0 bridgehead atoms. The van der Waals surface area contributed by atoms with E-state index in [9.17, 15) is 9.59 Å². The van der Waals surface area contributed by atoms with Gasteiger partial charge < -0.3 is 19.7 Å². The Kier molecular flexibility index (Phi) is 5.96. The van der Waals surface area contributed by atoms with Crippen molar-refractivity contribution in [2.45, 2.75) is 19.8 Å². The zero-order chi connectivity index (χ0) is 19.2. The Hall–Kier alpha value is -3.02. The predicted octanol–water partition coefficient (Wildman–Crippen LogP) is 2.48. The number of hydrogen-bond acceptors (Lipinski definition) is 4. The third-order valence-corrected chi connectivity index (χ3v) is 4.51. The van der Waals surface area contributed by atoms with Gasteiger partial charge in [-0.15, -0.1) is 0 Å². The number of rotatable bonds is 7. The van der Waals surface area contributed by atoms with Crippen LogP contribution in [0.1, 0.15) is 17.5 Å². The summed E-state index contributed by atoms with van der Waals surface area (Å²) in [5.74, 6) is 1.30. The highest BCUT2D eigenvalue weighted by Gasteiger charge is 2.25. The Bertz CT molecular complexity index is 817. The van der Waals surface area contributed by atoms with Crippen molar-refractivity contribution in [2.24, 2.45) is 0 Å². The number of amides is 2. The largest absolute Gasteiger partial charge is 0.497 e. The second kappa shape index (κ2) is 8.58. The molecular weight excluding hydrogens is 344 g/mol. The second-order valence-electron chi connectivity index (χ2n) is 6.50. The first-order chi connectivity index (χ1) is 13.1. The van der Waals surface area contributed by atoms with Crippen molar-refractivity contribution in [1.82, 2.24) is 5.32 Å². The van der Waals surface area contributed by atoms with Crippen molar-refractivity contribution in [2.75, 3.05) is 31.7 Å². The smallest absolute Gasteiger partial charge is 0.265 e. The van der Waals surface area contributed by atoms with Crippen LogP contribution in [0.15, 0.2) is 42.5 Å². The van der Waals surface area contributed by atoms with Crippen LogP contribution >= 0.6 is 0 Å². The van der Waals surface area contributed by atoms with Crippen molar-refractivity contribution in [3.63, 3.8) is 0 Å². The molecule has 2 aromatic rings. The number of hydrogen-bond donors (Lipinski definition) is 1. The molecule has 0 atom stereocenters. The lowest BCUT2D eigenvalue weighted by Gasteiger charge is -2.29. The van der Waals surface area contributed by atoms with E-state index < -0.39 is 0 Å². The third-order valence-electron chi connectivity index (χ3n) is 4.51. The molecule has 1 heterocycles. The summed E-state index contributed by atoms with van der Waals surface area (Å²) in [5.41, 5.74) is 2.90. The molecule has 1 aliphatic rings. The van der Waals surface area contributed by atoms with E-state index in [0.717, 1.165) is 29.0 Å². The first kappa shape index (κ1) is 18.8. The highest BCUT2D eigenvalue weighted by Crippen LogP contribution is 2.32. The number of nitrogens with one attached hydrogen (secondary N) is 1. The van der Waals surface area contributed by atoms with Crippen LogP contribution in [-0.4, -0.2) is 38.6 Å². The quantitative estimate of drug-likeness (QED) is 0.815. The third kappa shape index (κ3) is 4.78. The Labute approximate surface area is 159 Å². The number of carbonyl (C=O) groups is 2. The lowest BCUT2D eigenvalue weighted by molar-refractivity contribution is -0.122. The maximum absolute atomic E-state index is 12.2. The first-order valence-corrected chi connectivity index (χ1v) is 9.00. The Balaban J connectivity index is 1.49. The zero-order valence-electron chi connectivity index (χ0n) is 15.7. The number of benzene rings is 2. The fraction of sp³-hybridized carbons (Fsp3) is 0.333. The molecule has 6 nitrogen and oxygen atoms in total. The summed E-state index contributed by atoms with van der Waals surface area (Å²) >= 11 is 0. The van der Waals surface area contributed by atoms with Crippen LogP contribution in [0.2, 0.25) is 0 Å².